The van der Waals surface area contributed by atoms with Crippen LogP contribution in [0.3, 0.4) is 0 Å². The maximum absolute atomic E-state index is 13.4. The molecule has 0 radical (unpaired) electrons. The Hall–Kier alpha value is -2.05. The Morgan fingerprint density at radius 1 is 1.43 bits per heavy atom. The first kappa shape index (κ1) is 13.9. The first-order chi connectivity index (χ1) is 10.2. The van der Waals surface area contributed by atoms with E-state index in [2.05, 4.69) is 4.98 Å². The SMILES string of the molecule is O=C(Cc1nccs1)c1cn(CCO)c2cc(F)ccc12. The number of carbonyl (C=O) groups excluding carboxylic acids is 1. The molecule has 0 unspecified atom stereocenters. The van der Waals surface area contributed by atoms with Gasteiger partial charge in [-0.05, 0) is 18.2 Å². The second kappa shape index (κ2) is 5.75. The molecule has 0 spiro atoms. The van der Waals surface area contributed by atoms with Crippen molar-refractivity contribution in [3.05, 3.63) is 52.4 Å². The van der Waals surface area contributed by atoms with E-state index in [1.165, 1.54) is 23.5 Å². The number of rotatable bonds is 5. The van der Waals surface area contributed by atoms with Gasteiger partial charge in [-0.15, -0.1) is 11.3 Å². The van der Waals surface area contributed by atoms with Gasteiger partial charge in [0.05, 0.1) is 18.5 Å². The molecule has 4 nitrogen and oxygen atoms in total. The fraction of sp³-hybridized carbons (Fsp3) is 0.200. The van der Waals surface area contributed by atoms with Crippen LogP contribution in [0.5, 0.6) is 0 Å². The highest BCUT2D eigenvalue weighted by molar-refractivity contribution is 7.09. The summed E-state index contributed by atoms with van der Waals surface area (Å²) in [5.41, 5.74) is 1.15. The lowest BCUT2D eigenvalue weighted by molar-refractivity contribution is 0.0994. The van der Waals surface area contributed by atoms with E-state index in [0.717, 1.165) is 5.01 Å². The zero-order valence-corrected chi connectivity index (χ0v) is 11.9. The second-order valence-electron chi connectivity index (χ2n) is 4.65. The third-order valence-corrected chi connectivity index (χ3v) is 4.06. The van der Waals surface area contributed by atoms with Crippen LogP contribution < -0.4 is 0 Å². The predicted octanol–water partition coefficient (Wildman–Crippen LogP) is 2.65. The number of thiazole rings is 1. The van der Waals surface area contributed by atoms with Gasteiger partial charge in [0, 0.05) is 35.3 Å². The number of hydrogen-bond acceptors (Lipinski definition) is 4. The number of benzene rings is 1. The molecule has 0 aliphatic carbocycles. The Bertz CT molecular complexity index is 780. The minimum absolute atomic E-state index is 0.0572. The van der Waals surface area contributed by atoms with E-state index in [1.807, 2.05) is 5.38 Å². The molecule has 0 fully saturated rings. The topological polar surface area (TPSA) is 55.1 Å². The van der Waals surface area contributed by atoms with Crippen molar-refractivity contribution < 1.29 is 14.3 Å². The van der Waals surface area contributed by atoms with E-state index < -0.39 is 0 Å². The molecule has 21 heavy (non-hydrogen) atoms. The lowest BCUT2D eigenvalue weighted by Gasteiger charge is -2.01. The van der Waals surface area contributed by atoms with E-state index in [-0.39, 0.29) is 24.6 Å². The molecule has 0 bridgehead atoms. The maximum atomic E-state index is 13.4. The first-order valence-corrected chi connectivity index (χ1v) is 7.38. The van der Waals surface area contributed by atoms with Gasteiger partial charge in [-0.2, -0.15) is 0 Å². The van der Waals surface area contributed by atoms with E-state index in [0.29, 0.717) is 23.0 Å². The van der Waals surface area contributed by atoms with Crippen molar-refractivity contribution in [2.24, 2.45) is 0 Å². The normalized spacial score (nSPS) is 11.1. The first-order valence-electron chi connectivity index (χ1n) is 6.50. The van der Waals surface area contributed by atoms with Crippen molar-refractivity contribution in [1.82, 2.24) is 9.55 Å². The van der Waals surface area contributed by atoms with Gasteiger partial charge in [-0.1, -0.05) is 0 Å². The Balaban J connectivity index is 2.03. The van der Waals surface area contributed by atoms with Gasteiger partial charge >= 0.3 is 0 Å². The molecule has 3 rings (SSSR count). The Morgan fingerprint density at radius 2 is 2.29 bits per heavy atom. The standard InChI is InChI=1S/C15H13FN2O2S/c16-10-1-2-11-12(9-18(4-5-19)13(11)7-10)14(20)8-15-17-3-6-21-15/h1-3,6-7,9,19H,4-5,8H2. The van der Waals surface area contributed by atoms with Gasteiger partial charge in [0.2, 0.25) is 0 Å². The van der Waals surface area contributed by atoms with E-state index >= 15 is 0 Å². The van der Waals surface area contributed by atoms with Crippen molar-refractivity contribution >= 4 is 28.0 Å². The van der Waals surface area contributed by atoms with Crippen LogP contribution in [0.25, 0.3) is 10.9 Å². The van der Waals surface area contributed by atoms with Crippen molar-refractivity contribution in [3.8, 4) is 0 Å². The molecule has 2 aromatic heterocycles. The second-order valence-corrected chi connectivity index (χ2v) is 5.63. The summed E-state index contributed by atoms with van der Waals surface area (Å²) in [6, 6.07) is 4.32. The summed E-state index contributed by atoms with van der Waals surface area (Å²) in [6.45, 7) is 0.255. The van der Waals surface area contributed by atoms with E-state index in [4.69, 9.17) is 5.11 Å². The summed E-state index contributed by atoms with van der Waals surface area (Å²) in [4.78, 5) is 16.5. The van der Waals surface area contributed by atoms with Gasteiger partial charge in [0.1, 0.15) is 10.8 Å². The summed E-state index contributed by atoms with van der Waals surface area (Å²) in [7, 11) is 0. The molecule has 0 saturated carbocycles. The number of halogens is 1. The fourth-order valence-corrected chi connectivity index (χ4v) is 2.97. The third-order valence-electron chi connectivity index (χ3n) is 3.28. The molecular formula is C15H13FN2O2S. The van der Waals surface area contributed by atoms with Gasteiger partial charge in [0.25, 0.3) is 0 Å². The quantitative estimate of drug-likeness (QED) is 0.737. The molecule has 0 saturated heterocycles. The minimum Gasteiger partial charge on any atom is -0.395 e. The Morgan fingerprint density at radius 3 is 3.00 bits per heavy atom. The van der Waals surface area contributed by atoms with Gasteiger partial charge in [-0.25, -0.2) is 9.37 Å². The Labute approximate surface area is 124 Å². The summed E-state index contributed by atoms with van der Waals surface area (Å²) >= 11 is 1.43. The maximum Gasteiger partial charge on any atom is 0.171 e. The van der Waals surface area contributed by atoms with E-state index in [9.17, 15) is 9.18 Å². The lowest BCUT2D eigenvalue weighted by atomic mass is 10.1. The number of fused-ring (bicyclic) bond motifs is 1. The van der Waals surface area contributed by atoms with Crippen LogP contribution in [-0.2, 0) is 13.0 Å². The Kier molecular flexibility index (Phi) is 3.81. The predicted molar refractivity (Wildman–Crippen MR) is 79.1 cm³/mol. The largest absolute Gasteiger partial charge is 0.395 e. The van der Waals surface area contributed by atoms with Crippen LogP contribution in [0, 0.1) is 5.82 Å². The fourth-order valence-electron chi connectivity index (χ4n) is 2.35. The molecule has 108 valence electrons. The van der Waals surface area contributed by atoms with E-state index in [1.54, 1.807) is 23.0 Å². The third kappa shape index (κ3) is 2.72. The molecule has 1 aromatic carbocycles. The molecule has 0 amide bonds. The summed E-state index contributed by atoms with van der Waals surface area (Å²) < 4.78 is 15.1. The number of aliphatic hydroxyl groups is 1. The van der Waals surface area contributed by atoms with Crippen LogP contribution in [0.2, 0.25) is 0 Å². The molecule has 0 atom stereocenters. The van der Waals surface area contributed by atoms with Crippen LogP contribution >= 0.6 is 11.3 Å². The van der Waals surface area contributed by atoms with Crippen molar-refractivity contribution in [2.45, 2.75) is 13.0 Å². The van der Waals surface area contributed by atoms with Gasteiger partial charge in [-0.3, -0.25) is 4.79 Å². The number of ketones is 1. The smallest absolute Gasteiger partial charge is 0.171 e. The number of aliphatic hydroxyl groups excluding tert-OH is 1. The number of Topliss-reactive ketones (excluding diaryl/α,β-unsaturated/α-hetero) is 1. The van der Waals surface area contributed by atoms with Crippen LogP contribution in [0.15, 0.2) is 36.0 Å². The molecule has 2 heterocycles. The van der Waals surface area contributed by atoms with Crippen molar-refractivity contribution in [2.75, 3.05) is 6.61 Å². The molecule has 3 aromatic rings. The lowest BCUT2D eigenvalue weighted by Crippen LogP contribution is -2.03. The number of nitrogens with zero attached hydrogens (tertiary/aromatic N) is 2. The van der Waals surface area contributed by atoms with Crippen LogP contribution in [0.4, 0.5) is 4.39 Å². The van der Waals surface area contributed by atoms with Crippen LogP contribution in [-0.4, -0.2) is 27.0 Å². The zero-order chi connectivity index (χ0) is 14.8. The monoisotopic (exact) mass is 304 g/mol. The zero-order valence-electron chi connectivity index (χ0n) is 11.1. The summed E-state index contributed by atoms with van der Waals surface area (Å²) in [5.74, 6) is -0.419. The van der Waals surface area contributed by atoms with Crippen molar-refractivity contribution in [1.29, 1.82) is 0 Å². The van der Waals surface area contributed by atoms with Gasteiger partial charge in [0.15, 0.2) is 5.78 Å². The average Bonchev–Trinajstić information content (AvgIpc) is 3.07. The molecule has 1 N–H and O–H groups in total. The van der Waals surface area contributed by atoms with Gasteiger partial charge < -0.3 is 9.67 Å². The number of hydrogen-bond donors (Lipinski definition) is 1. The highest BCUT2D eigenvalue weighted by Crippen LogP contribution is 2.24. The van der Waals surface area contributed by atoms with Crippen LogP contribution in [0.1, 0.15) is 15.4 Å². The van der Waals surface area contributed by atoms with Crippen molar-refractivity contribution in [3.63, 3.8) is 0 Å². The molecular weight excluding hydrogens is 291 g/mol. The molecule has 6 heteroatoms. The number of aromatic nitrogens is 2. The molecule has 0 aliphatic heterocycles. The average molecular weight is 304 g/mol. The summed E-state index contributed by atoms with van der Waals surface area (Å²) in [6.07, 6.45) is 3.57. The minimum atomic E-state index is -0.362. The molecule has 0 aliphatic rings. The number of carbonyl (C=O) groups is 1. The highest BCUT2D eigenvalue weighted by Gasteiger charge is 2.16. The summed E-state index contributed by atoms with van der Waals surface area (Å²) in [5, 5.41) is 12.4. The highest BCUT2D eigenvalue weighted by atomic mass is 32.1.